The SMILES string of the molecule is Cc1nc(N2CCN(S(=O)(=O)c3c(C)noc3C)CC2)cc(-n2cccc2)n1. The van der Waals surface area contributed by atoms with Crippen LogP contribution in [0.1, 0.15) is 17.3 Å². The van der Waals surface area contributed by atoms with E-state index in [0.717, 1.165) is 11.6 Å². The molecular formula is C18H22N6O3S. The van der Waals surface area contributed by atoms with E-state index in [0.29, 0.717) is 43.5 Å². The van der Waals surface area contributed by atoms with Crippen LogP contribution in [0.5, 0.6) is 0 Å². The van der Waals surface area contributed by atoms with E-state index in [-0.39, 0.29) is 4.90 Å². The third-order valence-electron chi connectivity index (χ3n) is 4.81. The number of rotatable bonds is 4. The summed E-state index contributed by atoms with van der Waals surface area (Å²) in [5, 5.41) is 3.77. The molecule has 1 aliphatic rings. The van der Waals surface area contributed by atoms with Crippen molar-refractivity contribution in [2.24, 2.45) is 0 Å². The molecule has 1 saturated heterocycles. The Kier molecular flexibility index (Phi) is 4.68. The molecule has 9 nitrogen and oxygen atoms in total. The van der Waals surface area contributed by atoms with Crippen LogP contribution >= 0.6 is 0 Å². The van der Waals surface area contributed by atoms with Crippen LogP contribution in [0.25, 0.3) is 5.82 Å². The van der Waals surface area contributed by atoms with Crippen molar-refractivity contribution in [1.29, 1.82) is 0 Å². The van der Waals surface area contributed by atoms with Gasteiger partial charge in [0.05, 0.1) is 0 Å². The van der Waals surface area contributed by atoms with E-state index in [1.54, 1.807) is 13.8 Å². The molecule has 4 rings (SSSR count). The van der Waals surface area contributed by atoms with Crippen molar-refractivity contribution >= 4 is 15.8 Å². The summed E-state index contributed by atoms with van der Waals surface area (Å²) in [5.41, 5.74) is 0.391. The van der Waals surface area contributed by atoms with Gasteiger partial charge in [0.2, 0.25) is 10.0 Å². The Hall–Kier alpha value is -2.72. The summed E-state index contributed by atoms with van der Waals surface area (Å²) in [5.74, 6) is 2.58. The molecule has 0 radical (unpaired) electrons. The molecule has 10 heteroatoms. The van der Waals surface area contributed by atoms with E-state index in [9.17, 15) is 8.42 Å². The first-order chi connectivity index (χ1) is 13.4. The second-order valence-electron chi connectivity index (χ2n) is 6.77. The lowest BCUT2D eigenvalue weighted by molar-refractivity contribution is 0.377. The highest BCUT2D eigenvalue weighted by Gasteiger charge is 2.33. The zero-order chi connectivity index (χ0) is 19.9. The monoisotopic (exact) mass is 402 g/mol. The molecule has 0 saturated carbocycles. The van der Waals surface area contributed by atoms with Crippen LogP contribution in [-0.4, -0.2) is 58.6 Å². The van der Waals surface area contributed by atoms with Crippen LogP contribution in [0.3, 0.4) is 0 Å². The highest BCUT2D eigenvalue weighted by Crippen LogP contribution is 2.25. The maximum absolute atomic E-state index is 13.0. The molecule has 0 atom stereocenters. The van der Waals surface area contributed by atoms with Crippen molar-refractivity contribution in [3.8, 4) is 5.82 Å². The molecular weight excluding hydrogens is 380 g/mol. The molecule has 0 aliphatic carbocycles. The Bertz CT molecular complexity index is 1060. The van der Waals surface area contributed by atoms with Crippen molar-refractivity contribution in [2.45, 2.75) is 25.7 Å². The fourth-order valence-electron chi connectivity index (χ4n) is 3.45. The fourth-order valence-corrected chi connectivity index (χ4v) is 5.16. The summed E-state index contributed by atoms with van der Waals surface area (Å²) in [6.45, 7) is 6.95. The number of hydrogen-bond acceptors (Lipinski definition) is 7. The minimum Gasteiger partial charge on any atom is -0.360 e. The van der Waals surface area contributed by atoms with E-state index in [2.05, 4.69) is 20.0 Å². The van der Waals surface area contributed by atoms with E-state index in [1.807, 2.05) is 42.1 Å². The molecule has 0 bridgehead atoms. The van der Waals surface area contributed by atoms with Gasteiger partial charge in [-0.25, -0.2) is 18.4 Å². The van der Waals surface area contributed by atoms with E-state index >= 15 is 0 Å². The smallest absolute Gasteiger partial charge is 0.248 e. The Balaban J connectivity index is 1.54. The summed E-state index contributed by atoms with van der Waals surface area (Å²) in [6.07, 6.45) is 3.86. The van der Waals surface area contributed by atoms with E-state index in [4.69, 9.17) is 4.52 Å². The molecule has 3 aromatic heterocycles. The topological polar surface area (TPSA) is 97.4 Å². The van der Waals surface area contributed by atoms with Crippen molar-refractivity contribution in [3.05, 3.63) is 47.9 Å². The normalized spacial score (nSPS) is 15.9. The van der Waals surface area contributed by atoms with Gasteiger partial charge in [0.1, 0.15) is 28.0 Å². The molecule has 0 unspecified atom stereocenters. The number of piperazine rings is 1. The van der Waals surface area contributed by atoms with Crippen LogP contribution in [-0.2, 0) is 10.0 Å². The Morgan fingerprint density at radius 3 is 2.21 bits per heavy atom. The van der Waals surface area contributed by atoms with Gasteiger partial charge in [-0.15, -0.1) is 0 Å². The van der Waals surface area contributed by atoms with Crippen molar-refractivity contribution in [2.75, 3.05) is 31.1 Å². The number of aryl methyl sites for hydroxylation is 3. The summed E-state index contributed by atoms with van der Waals surface area (Å²) in [6, 6.07) is 5.80. The van der Waals surface area contributed by atoms with Gasteiger partial charge in [-0.1, -0.05) is 5.16 Å². The Morgan fingerprint density at radius 1 is 0.964 bits per heavy atom. The van der Waals surface area contributed by atoms with Crippen molar-refractivity contribution < 1.29 is 12.9 Å². The van der Waals surface area contributed by atoms with E-state index < -0.39 is 10.0 Å². The second kappa shape index (κ2) is 7.02. The lowest BCUT2D eigenvalue weighted by atomic mass is 10.3. The van der Waals surface area contributed by atoms with Crippen LogP contribution in [0.2, 0.25) is 0 Å². The number of anilines is 1. The van der Waals surface area contributed by atoms with Gasteiger partial charge in [0.15, 0.2) is 5.76 Å². The van der Waals surface area contributed by atoms with Gasteiger partial charge in [-0.05, 0) is 32.9 Å². The maximum atomic E-state index is 13.0. The molecule has 28 heavy (non-hydrogen) atoms. The average Bonchev–Trinajstić information content (AvgIpc) is 3.31. The summed E-state index contributed by atoms with van der Waals surface area (Å²) in [7, 11) is -3.62. The number of aromatic nitrogens is 4. The van der Waals surface area contributed by atoms with Gasteiger partial charge < -0.3 is 14.0 Å². The quantitative estimate of drug-likeness (QED) is 0.655. The van der Waals surface area contributed by atoms with Crippen LogP contribution in [0.4, 0.5) is 5.82 Å². The Morgan fingerprint density at radius 2 is 1.61 bits per heavy atom. The molecule has 1 aliphatic heterocycles. The highest BCUT2D eigenvalue weighted by atomic mass is 32.2. The third-order valence-corrected chi connectivity index (χ3v) is 6.95. The predicted octanol–water partition coefficient (Wildman–Crippen LogP) is 1.69. The van der Waals surface area contributed by atoms with E-state index in [1.165, 1.54) is 4.31 Å². The third kappa shape index (κ3) is 3.29. The summed E-state index contributed by atoms with van der Waals surface area (Å²) in [4.78, 5) is 11.3. The minimum absolute atomic E-state index is 0.175. The standard InChI is InChI=1S/C18H22N6O3S/c1-13-18(14(2)27-21-13)28(25,26)24-10-8-23(9-11-24)17-12-16(19-15(3)20-17)22-6-4-5-7-22/h4-7,12H,8-11H2,1-3H3. The molecule has 0 amide bonds. The first-order valence-electron chi connectivity index (χ1n) is 9.03. The summed E-state index contributed by atoms with van der Waals surface area (Å²) >= 11 is 0. The van der Waals surface area contributed by atoms with Crippen LogP contribution in [0, 0.1) is 20.8 Å². The molecule has 0 aromatic carbocycles. The number of hydrogen-bond donors (Lipinski definition) is 0. The lowest BCUT2D eigenvalue weighted by Crippen LogP contribution is -2.49. The maximum Gasteiger partial charge on any atom is 0.248 e. The first kappa shape index (κ1) is 18.6. The van der Waals surface area contributed by atoms with Crippen LogP contribution in [0.15, 0.2) is 40.0 Å². The first-order valence-corrected chi connectivity index (χ1v) is 10.5. The Labute approximate surface area is 163 Å². The van der Waals surface area contributed by atoms with Crippen LogP contribution < -0.4 is 4.90 Å². The van der Waals surface area contributed by atoms with Gasteiger partial charge in [-0.2, -0.15) is 4.31 Å². The molecule has 4 heterocycles. The largest absolute Gasteiger partial charge is 0.360 e. The molecule has 0 spiro atoms. The number of sulfonamides is 1. The fraction of sp³-hybridized carbons (Fsp3) is 0.389. The molecule has 0 N–H and O–H groups in total. The molecule has 148 valence electrons. The highest BCUT2D eigenvalue weighted by molar-refractivity contribution is 7.89. The number of nitrogens with zero attached hydrogens (tertiary/aromatic N) is 6. The minimum atomic E-state index is -3.62. The zero-order valence-electron chi connectivity index (χ0n) is 16.0. The van der Waals surface area contributed by atoms with Gasteiger partial charge in [0, 0.05) is 44.6 Å². The molecule has 1 fully saturated rings. The second-order valence-corrected chi connectivity index (χ2v) is 8.64. The van der Waals surface area contributed by atoms with Gasteiger partial charge in [0.25, 0.3) is 0 Å². The lowest BCUT2D eigenvalue weighted by Gasteiger charge is -2.34. The summed E-state index contributed by atoms with van der Waals surface area (Å²) < 4.78 is 34.4. The zero-order valence-corrected chi connectivity index (χ0v) is 16.8. The van der Waals surface area contributed by atoms with Crippen molar-refractivity contribution in [1.82, 2.24) is 24.0 Å². The van der Waals surface area contributed by atoms with Gasteiger partial charge in [-0.3, -0.25) is 0 Å². The van der Waals surface area contributed by atoms with Gasteiger partial charge >= 0.3 is 0 Å². The average molecular weight is 402 g/mol. The molecule has 3 aromatic rings. The predicted molar refractivity (Wildman–Crippen MR) is 103 cm³/mol. The van der Waals surface area contributed by atoms with Crippen molar-refractivity contribution in [3.63, 3.8) is 0 Å².